The molecule has 0 amide bonds. The zero-order valence-electron chi connectivity index (χ0n) is 7.70. The van der Waals surface area contributed by atoms with Gasteiger partial charge in [0.1, 0.15) is 13.2 Å². The first kappa shape index (κ1) is 8.87. The molecule has 73 valence electrons. The fraction of sp³-hybridized carbons (Fsp3) is 0.300. The second-order valence-corrected chi connectivity index (χ2v) is 2.77. The third kappa shape index (κ3) is 1.28. The van der Waals surface area contributed by atoms with Crippen molar-refractivity contribution < 1.29 is 19.0 Å². The molecule has 0 aromatic heterocycles. The quantitative estimate of drug-likeness (QED) is 0.700. The van der Waals surface area contributed by atoms with Gasteiger partial charge in [-0.2, -0.15) is 0 Å². The van der Waals surface area contributed by atoms with Crippen LogP contribution in [-0.4, -0.2) is 26.6 Å². The SMILES string of the molecule is COc1ccc([C]=O)c2c1OCCO2. The molecule has 0 saturated heterocycles. The van der Waals surface area contributed by atoms with E-state index in [-0.39, 0.29) is 0 Å². The van der Waals surface area contributed by atoms with E-state index in [4.69, 9.17) is 14.2 Å². The fourth-order valence-corrected chi connectivity index (χ4v) is 1.35. The van der Waals surface area contributed by atoms with Gasteiger partial charge in [-0.3, -0.25) is 4.79 Å². The Kier molecular flexibility index (Phi) is 2.26. The highest BCUT2D eigenvalue weighted by Gasteiger charge is 2.20. The number of rotatable bonds is 2. The average molecular weight is 193 g/mol. The molecule has 0 spiro atoms. The molecular formula is C10H9O4. The summed E-state index contributed by atoms with van der Waals surface area (Å²) in [5, 5.41) is 0. The van der Waals surface area contributed by atoms with E-state index < -0.39 is 0 Å². The average Bonchev–Trinajstić information content (AvgIpc) is 2.27. The second kappa shape index (κ2) is 3.57. The van der Waals surface area contributed by atoms with E-state index in [2.05, 4.69) is 0 Å². The summed E-state index contributed by atoms with van der Waals surface area (Å²) in [6, 6.07) is 3.26. The lowest BCUT2D eigenvalue weighted by atomic mass is 10.2. The van der Waals surface area contributed by atoms with Crippen molar-refractivity contribution in [2.75, 3.05) is 20.3 Å². The standard InChI is InChI=1S/C10H9O4/c1-12-8-3-2-7(6-11)9-10(8)14-5-4-13-9/h2-3H,4-5H2,1H3. The third-order valence-corrected chi connectivity index (χ3v) is 1.98. The molecule has 1 aromatic carbocycles. The van der Waals surface area contributed by atoms with Crippen LogP contribution in [0.4, 0.5) is 0 Å². The van der Waals surface area contributed by atoms with Gasteiger partial charge in [-0.1, -0.05) is 0 Å². The molecule has 14 heavy (non-hydrogen) atoms. The molecule has 0 N–H and O–H groups in total. The minimum atomic E-state index is 0.362. The Bertz CT molecular complexity index is 359. The van der Waals surface area contributed by atoms with E-state index in [1.807, 2.05) is 0 Å². The summed E-state index contributed by atoms with van der Waals surface area (Å²) in [5.74, 6) is 1.48. The first-order chi connectivity index (χ1) is 6.86. The van der Waals surface area contributed by atoms with E-state index in [0.29, 0.717) is 36.0 Å². The van der Waals surface area contributed by atoms with Crippen molar-refractivity contribution in [2.24, 2.45) is 0 Å². The van der Waals surface area contributed by atoms with Crippen LogP contribution in [0.5, 0.6) is 17.2 Å². The van der Waals surface area contributed by atoms with Gasteiger partial charge in [0.05, 0.1) is 12.7 Å². The van der Waals surface area contributed by atoms with Crippen molar-refractivity contribution in [2.45, 2.75) is 0 Å². The summed E-state index contributed by atoms with van der Waals surface area (Å²) >= 11 is 0. The van der Waals surface area contributed by atoms with Crippen molar-refractivity contribution >= 4 is 6.29 Å². The predicted molar refractivity (Wildman–Crippen MR) is 48.8 cm³/mol. The van der Waals surface area contributed by atoms with E-state index in [1.165, 1.54) is 7.11 Å². The van der Waals surface area contributed by atoms with Gasteiger partial charge in [0.2, 0.25) is 12.0 Å². The molecule has 1 radical (unpaired) electrons. The summed E-state index contributed by atoms with van der Waals surface area (Å²) in [6.45, 7) is 0.903. The molecule has 1 aliphatic rings. The summed E-state index contributed by atoms with van der Waals surface area (Å²) in [5.41, 5.74) is 0.362. The first-order valence-electron chi connectivity index (χ1n) is 4.21. The van der Waals surface area contributed by atoms with Crippen molar-refractivity contribution in [3.63, 3.8) is 0 Å². The lowest BCUT2D eigenvalue weighted by Crippen LogP contribution is -2.17. The molecule has 0 fully saturated rings. The van der Waals surface area contributed by atoms with E-state index >= 15 is 0 Å². The zero-order chi connectivity index (χ0) is 9.97. The first-order valence-corrected chi connectivity index (χ1v) is 4.21. The number of fused-ring (bicyclic) bond motifs is 1. The van der Waals surface area contributed by atoms with Crippen LogP contribution in [0.15, 0.2) is 12.1 Å². The normalized spacial score (nSPS) is 13.5. The Morgan fingerprint density at radius 3 is 2.64 bits per heavy atom. The number of benzene rings is 1. The van der Waals surface area contributed by atoms with Crippen LogP contribution in [0.1, 0.15) is 5.56 Å². The molecular weight excluding hydrogens is 184 g/mol. The van der Waals surface area contributed by atoms with Gasteiger partial charge >= 0.3 is 0 Å². The van der Waals surface area contributed by atoms with Gasteiger partial charge in [-0.25, -0.2) is 0 Å². The molecule has 0 aliphatic carbocycles. The summed E-state index contributed by atoms with van der Waals surface area (Å²) in [7, 11) is 1.54. The van der Waals surface area contributed by atoms with Gasteiger partial charge < -0.3 is 14.2 Å². The molecule has 4 nitrogen and oxygen atoms in total. The largest absolute Gasteiger partial charge is 0.493 e. The molecule has 1 aliphatic heterocycles. The molecule has 0 saturated carbocycles. The maximum absolute atomic E-state index is 10.6. The van der Waals surface area contributed by atoms with E-state index in [0.717, 1.165) is 0 Å². The van der Waals surface area contributed by atoms with Gasteiger partial charge in [-0.05, 0) is 12.1 Å². The minimum Gasteiger partial charge on any atom is -0.493 e. The Labute approximate surface area is 81.4 Å². The fourth-order valence-electron chi connectivity index (χ4n) is 1.35. The molecule has 1 heterocycles. The monoisotopic (exact) mass is 193 g/mol. The maximum Gasteiger partial charge on any atom is 0.237 e. The van der Waals surface area contributed by atoms with Crippen molar-refractivity contribution in [3.8, 4) is 17.2 Å². The lowest BCUT2D eigenvalue weighted by Gasteiger charge is -2.21. The Hall–Kier alpha value is -1.71. The van der Waals surface area contributed by atoms with Gasteiger partial charge in [0.15, 0.2) is 11.5 Å². The number of methoxy groups -OCH3 is 1. The van der Waals surface area contributed by atoms with Gasteiger partial charge in [0.25, 0.3) is 0 Å². The highest BCUT2D eigenvalue weighted by molar-refractivity contribution is 5.83. The molecule has 2 rings (SSSR count). The van der Waals surface area contributed by atoms with Crippen LogP contribution in [0.25, 0.3) is 0 Å². The number of ether oxygens (including phenoxy) is 3. The number of hydrogen-bond donors (Lipinski definition) is 0. The highest BCUT2D eigenvalue weighted by Crippen LogP contribution is 2.41. The maximum atomic E-state index is 10.6. The topological polar surface area (TPSA) is 44.8 Å². The van der Waals surface area contributed by atoms with Gasteiger partial charge in [0, 0.05) is 0 Å². The smallest absolute Gasteiger partial charge is 0.237 e. The molecule has 1 aromatic rings. The Morgan fingerprint density at radius 1 is 1.29 bits per heavy atom. The zero-order valence-corrected chi connectivity index (χ0v) is 7.70. The predicted octanol–water partition coefficient (Wildman–Crippen LogP) is 0.924. The Morgan fingerprint density at radius 2 is 2.00 bits per heavy atom. The minimum absolute atomic E-state index is 0.362. The second-order valence-electron chi connectivity index (χ2n) is 2.77. The van der Waals surface area contributed by atoms with Gasteiger partial charge in [-0.15, -0.1) is 0 Å². The molecule has 0 bridgehead atoms. The van der Waals surface area contributed by atoms with E-state index in [1.54, 1.807) is 18.4 Å². The number of carbonyl (C=O) groups excluding carboxylic acids is 1. The van der Waals surface area contributed by atoms with E-state index in [9.17, 15) is 4.79 Å². The molecule has 0 atom stereocenters. The number of hydrogen-bond acceptors (Lipinski definition) is 4. The highest BCUT2D eigenvalue weighted by atomic mass is 16.6. The Balaban J connectivity index is 2.55. The van der Waals surface area contributed by atoms with Crippen LogP contribution in [0, 0.1) is 0 Å². The molecule has 4 heteroatoms. The third-order valence-electron chi connectivity index (χ3n) is 1.98. The van der Waals surface area contributed by atoms with Crippen LogP contribution in [0.3, 0.4) is 0 Å². The van der Waals surface area contributed by atoms with Crippen molar-refractivity contribution in [1.82, 2.24) is 0 Å². The van der Waals surface area contributed by atoms with Crippen molar-refractivity contribution in [1.29, 1.82) is 0 Å². The van der Waals surface area contributed by atoms with Crippen LogP contribution >= 0.6 is 0 Å². The summed E-state index contributed by atoms with van der Waals surface area (Å²) in [6.07, 6.45) is 1.80. The lowest BCUT2D eigenvalue weighted by molar-refractivity contribution is 0.165. The van der Waals surface area contributed by atoms with Crippen LogP contribution in [-0.2, 0) is 4.79 Å². The van der Waals surface area contributed by atoms with Crippen LogP contribution in [0.2, 0.25) is 0 Å². The molecule has 0 unspecified atom stereocenters. The summed E-state index contributed by atoms with van der Waals surface area (Å²) < 4.78 is 15.8. The summed E-state index contributed by atoms with van der Waals surface area (Å²) in [4.78, 5) is 10.6. The van der Waals surface area contributed by atoms with Crippen LogP contribution < -0.4 is 14.2 Å². The van der Waals surface area contributed by atoms with Crippen molar-refractivity contribution in [3.05, 3.63) is 17.7 Å².